The Morgan fingerprint density at radius 1 is 1.35 bits per heavy atom. The number of benzene rings is 1. The number of halogens is 3. The van der Waals surface area contributed by atoms with Crippen molar-refractivity contribution in [3.63, 3.8) is 0 Å². The number of nitrogens with two attached hydrogens (primary N) is 1. The average Bonchev–Trinajstić information content (AvgIpc) is 2.33. The predicted molar refractivity (Wildman–Crippen MR) is 75.2 cm³/mol. The zero-order valence-electron chi connectivity index (χ0n) is 11.9. The first-order valence-corrected chi connectivity index (χ1v) is 6.50. The molecule has 0 bridgehead atoms. The van der Waals surface area contributed by atoms with Gasteiger partial charge in [-0.3, -0.25) is 5.41 Å². The van der Waals surface area contributed by atoms with Crippen LogP contribution in [0.3, 0.4) is 0 Å². The molecule has 0 aliphatic carbocycles. The third-order valence-corrected chi connectivity index (χ3v) is 3.02. The average molecular weight is 287 g/mol. The zero-order valence-corrected chi connectivity index (χ0v) is 11.9. The lowest BCUT2D eigenvalue weighted by molar-refractivity contribution is -0.137. The van der Waals surface area contributed by atoms with Gasteiger partial charge in [-0.25, -0.2) is 0 Å². The van der Waals surface area contributed by atoms with E-state index in [1.165, 1.54) is 12.1 Å². The van der Waals surface area contributed by atoms with Crippen molar-refractivity contribution < 1.29 is 13.2 Å². The number of alkyl halides is 3. The lowest BCUT2D eigenvalue weighted by Gasteiger charge is -2.29. The minimum Gasteiger partial charge on any atom is -0.384 e. The second-order valence-electron chi connectivity index (χ2n) is 4.93. The molecule has 3 N–H and O–H groups in total. The van der Waals surface area contributed by atoms with E-state index in [0.717, 1.165) is 19.0 Å². The van der Waals surface area contributed by atoms with Crippen LogP contribution in [0, 0.1) is 5.41 Å². The second-order valence-corrected chi connectivity index (χ2v) is 4.93. The highest BCUT2D eigenvalue weighted by Gasteiger charge is 2.34. The first-order chi connectivity index (χ1) is 9.18. The molecule has 0 saturated heterocycles. The number of hydrogen-bond acceptors (Lipinski definition) is 2. The maximum Gasteiger partial charge on any atom is 0.417 e. The molecular formula is C14H20F3N3. The van der Waals surface area contributed by atoms with E-state index < -0.39 is 17.6 Å². The highest BCUT2D eigenvalue weighted by atomic mass is 19.4. The van der Waals surface area contributed by atoms with Gasteiger partial charge in [0.2, 0.25) is 0 Å². The molecule has 112 valence electrons. The molecule has 0 saturated carbocycles. The summed E-state index contributed by atoms with van der Waals surface area (Å²) in [6, 6.07) is 3.94. The highest BCUT2D eigenvalue weighted by molar-refractivity contribution is 5.97. The molecule has 0 fully saturated rings. The van der Waals surface area contributed by atoms with Crippen LogP contribution < -0.4 is 10.6 Å². The van der Waals surface area contributed by atoms with Crippen LogP contribution in [0.2, 0.25) is 0 Å². The van der Waals surface area contributed by atoms with Gasteiger partial charge in [-0.2, -0.15) is 13.2 Å². The van der Waals surface area contributed by atoms with Crippen LogP contribution in [0.5, 0.6) is 0 Å². The van der Waals surface area contributed by atoms with E-state index in [1.807, 2.05) is 25.7 Å². The van der Waals surface area contributed by atoms with Crippen LogP contribution in [-0.2, 0) is 6.18 Å². The van der Waals surface area contributed by atoms with Gasteiger partial charge in [0, 0.05) is 23.8 Å². The normalized spacial score (nSPS) is 11.8. The summed E-state index contributed by atoms with van der Waals surface area (Å²) >= 11 is 0. The van der Waals surface area contributed by atoms with E-state index in [-0.39, 0.29) is 11.6 Å². The van der Waals surface area contributed by atoms with Crippen molar-refractivity contribution in [1.82, 2.24) is 0 Å². The van der Waals surface area contributed by atoms with Gasteiger partial charge in [-0.1, -0.05) is 6.92 Å². The fraction of sp³-hybridized carbons (Fsp3) is 0.500. The van der Waals surface area contributed by atoms with E-state index >= 15 is 0 Å². The van der Waals surface area contributed by atoms with Crippen molar-refractivity contribution in [3.8, 4) is 0 Å². The zero-order chi connectivity index (χ0) is 15.5. The van der Waals surface area contributed by atoms with Crippen LogP contribution in [-0.4, -0.2) is 18.4 Å². The van der Waals surface area contributed by atoms with Gasteiger partial charge >= 0.3 is 6.18 Å². The summed E-state index contributed by atoms with van der Waals surface area (Å²) in [6.07, 6.45) is -3.62. The van der Waals surface area contributed by atoms with Gasteiger partial charge in [0.15, 0.2) is 0 Å². The number of hydrogen-bond donors (Lipinski definition) is 2. The molecule has 6 heteroatoms. The van der Waals surface area contributed by atoms with Crippen molar-refractivity contribution in [2.45, 2.75) is 39.4 Å². The fourth-order valence-corrected chi connectivity index (χ4v) is 2.11. The SMILES string of the molecule is CCCN(c1ccc(C(F)(F)F)c(C(=N)N)c1)C(C)C. The third kappa shape index (κ3) is 3.65. The Bertz CT molecular complexity index is 481. The van der Waals surface area contributed by atoms with Crippen LogP contribution in [0.25, 0.3) is 0 Å². The minimum atomic E-state index is -4.51. The molecule has 0 heterocycles. The number of rotatable bonds is 5. The van der Waals surface area contributed by atoms with Gasteiger partial charge < -0.3 is 10.6 Å². The van der Waals surface area contributed by atoms with Crippen LogP contribution in [0.1, 0.15) is 38.3 Å². The van der Waals surface area contributed by atoms with Crippen LogP contribution >= 0.6 is 0 Å². The molecule has 0 aromatic heterocycles. The molecular weight excluding hydrogens is 267 g/mol. The highest BCUT2D eigenvalue weighted by Crippen LogP contribution is 2.34. The molecule has 0 amide bonds. The summed E-state index contributed by atoms with van der Waals surface area (Å²) in [6.45, 7) is 6.69. The molecule has 0 atom stereocenters. The van der Waals surface area contributed by atoms with Crippen molar-refractivity contribution in [3.05, 3.63) is 29.3 Å². The number of amidine groups is 1. The summed E-state index contributed by atoms with van der Waals surface area (Å²) in [5.41, 5.74) is 4.81. The summed E-state index contributed by atoms with van der Waals surface area (Å²) in [7, 11) is 0. The Hall–Kier alpha value is -1.72. The first kappa shape index (κ1) is 16.3. The van der Waals surface area contributed by atoms with Gasteiger partial charge in [0.05, 0.1) is 5.56 Å². The molecule has 0 radical (unpaired) electrons. The largest absolute Gasteiger partial charge is 0.417 e. The maximum absolute atomic E-state index is 12.9. The Balaban J connectivity index is 3.32. The smallest absolute Gasteiger partial charge is 0.384 e. The first-order valence-electron chi connectivity index (χ1n) is 6.50. The van der Waals surface area contributed by atoms with Crippen molar-refractivity contribution >= 4 is 11.5 Å². The van der Waals surface area contributed by atoms with Crippen molar-refractivity contribution in [2.24, 2.45) is 5.73 Å². The summed E-state index contributed by atoms with van der Waals surface area (Å²) in [4.78, 5) is 1.99. The molecule has 0 unspecified atom stereocenters. The molecule has 20 heavy (non-hydrogen) atoms. The van der Waals surface area contributed by atoms with Crippen molar-refractivity contribution in [2.75, 3.05) is 11.4 Å². The van der Waals surface area contributed by atoms with Crippen LogP contribution in [0.4, 0.5) is 18.9 Å². The lowest BCUT2D eigenvalue weighted by Crippen LogP contribution is -2.32. The van der Waals surface area contributed by atoms with E-state index in [9.17, 15) is 13.2 Å². The number of nitrogens with one attached hydrogen (secondary N) is 1. The molecule has 1 rings (SSSR count). The van der Waals surface area contributed by atoms with E-state index in [4.69, 9.17) is 11.1 Å². The lowest BCUT2D eigenvalue weighted by atomic mass is 10.0. The summed E-state index contributed by atoms with van der Waals surface area (Å²) < 4.78 is 38.6. The molecule has 1 aromatic carbocycles. The minimum absolute atomic E-state index is 0.159. The van der Waals surface area contributed by atoms with Gasteiger partial charge in [-0.05, 0) is 38.5 Å². The van der Waals surface area contributed by atoms with Gasteiger partial charge in [0.25, 0.3) is 0 Å². The standard InChI is InChI=1S/C14H20F3N3/c1-4-7-20(9(2)3)10-5-6-12(14(15,16)17)11(8-10)13(18)19/h5-6,8-9H,4,7H2,1-3H3,(H3,18,19). The maximum atomic E-state index is 12.9. The Kier molecular flexibility index (Phi) is 5.03. The third-order valence-electron chi connectivity index (χ3n) is 3.02. The second kappa shape index (κ2) is 6.15. The number of nitrogens with zero attached hydrogens (tertiary/aromatic N) is 1. The molecule has 0 aliphatic heterocycles. The van der Waals surface area contributed by atoms with E-state index in [2.05, 4.69) is 0 Å². The Morgan fingerprint density at radius 2 is 1.95 bits per heavy atom. The fourth-order valence-electron chi connectivity index (χ4n) is 2.11. The Labute approximate surface area is 117 Å². The van der Waals surface area contributed by atoms with Crippen molar-refractivity contribution in [1.29, 1.82) is 5.41 Å². The van der Waals surface area contributed by atoms with Crippen LogP contribution in [0.15, 0.2) is 18.2 Å². The predicted octanol–water partition coefficient (Wildman–Crippen LogP) is 3.61. The number of nitrogen functional groups attached to an aromatic ring is 1. The van der Waals surface area contributed by atoms with Gasteiger partial charge in [-0.15, -0.1) is 0 Å². The van der Waals surface area contributed by atoms with E-state index in [1.54, 1.807) is 0 Å². The molecule has 3 nitrogen and oxygen atoms in total. The Morgan fingerprint density at radius 3 is 2.35 bits per heavy atom. The van der Waals surface area contributed by atoms with Gasteiger partial charge in [0.1, 0.15) is 5.84 Å². The topological polar surface area (TPSA) is 53.1 Å². The molecule has 0 spiro atoms. The monoisotopic (exact) mass is 287 g/mol. The molecule has 1 aromatic rings. The summed E-state index contributed by atoms with van der Waals surface area (Å²) in [5.74, 6) is -0.570. The quantitative estimate of drug-likeness (QED) is 0.642. The number of anilines is 1. The molecule has 0 aliphatic rings. The van der Waals surface area contributed by atoms with E-state index in [0.29, 0.717) is 5.69 Å². The summed E-state index contributed by atoms with van der Waals surface area (Å²) in [5, 5.41) is 7.36.